The molecule has 0 saturated heterocycles. The number of carbonyl (C=O) groups excluding carboxylic acids is 1. The van der Waals surface area contributed by atoms with Crippen LogP contribution in [-0.4, -0.2) is 48.8 Å². The van der Waals surface area contributed by atoms with Crippen LogP contribution in [0.3, 0.4) is 0 Å². The van der Waals surface area contributed by atoms with E-state index in [4.69, 9.17) is 9.84 Å². The standard InChI is InChI=1S/C14H17NO3S/c1-18-8-6-15(12-4-5-12)14(17)11-9-13(19-10-11)3-2-7-16/h9-10,12,16H,4-8H2,1H3. The molecule has 0 bridgehead atoms. The van der Waals surface area contributed by atoms with Gasteiger partial charge in [0.1, 0.15) is 6.61 Å². The smallest absolute Gasteiger partial charge is 0.255 e. The molecule has 4 nitrogen and oxygen atoms in total. The zero-order chi connectivity index (χ0) is 13.7. The van der Waals surface area contributed by atoms with Gasteiger partial charge in [-0.3, -0.25) is 4.79 Å². The van der Waals surface area contributed by atoms with Crippen molar-refractivity contribution in [3.05, 3.63) is 21.9 Å². The molecular formula is C14H17NO3S. The predicted molar refractivity (Wildman–Crippen MR) is 74.2 cm³/mol. The number of amides is 1. The summed E-state index contributed by atoms with van der Waals surface area (Å²) in [5.41, 5.74) is 0.676. The van der Waals surface area contributed by atoms with Gasteiger partial charge < -0.3 is 14.7 Å². The number of ether oxygens (including phenoxy) is 1. The van der Waals surface area contributed by atoms with Gasteiger partial charge in [0.2, 0.25) is 0 Å². The Morgan fingerprint density at radius 1 is 1.63 bits per heavy atom. The van der Waals surface area contributed by atoms with Crippen molar-refractivity contribution in [2.24, 2.45) is 0 Å². The van der Waals surface area contributed by atoms with E-state index in [1.54, 1.807) is 13.2 Å². The predicted octanol–water partition coefficient (Wildman–Crippen LogP) is 1.34. The third-order valence-electron chi connectivity index (χ3n) is 2.92. The molecule has 0 spiro atoms. The van der Waals surface area contributed by atoms with Crippen LogP contribution >= 0.6 is 11.3 Å². The molecule has 0 atom stereocenters. The first-order chi connectivity index (χ1) is 9.26. The van der Waals surface area contributed by atoms with E-state index >= 15 is 0 Å². The lowest BCUT2D eigenvalue weighted by Gasteiger charge is -2.21. The van der Waals surface area contributed by atoms with Gasteiger partial charge in [0.05, 0.1) is 17.0 Å². The zero-order valence-corrected chi connectivity index (χ0v) is 11.7. The molecule has 1 heterocycles. The third kappa shape index (κ3) is 3.80. The van der Waals surface area contributed by atoms with Crippen molar-refractivity contribution in [3.8, 4) is 11.8 Å². The molecule has 1 N–H and O–H groups in total. The summed E-state index contributed by atoms with van der Waals surface area (Å²) in [5, 5.41) is 10.5. The van der Waals surface area contributed by atoms with Gasteiger partial charge in [-0.25, -0.2) is 0 Å². The second-order valence-electron chi connectivity index (χ2n) is 4.38. The van der Waals surface area contributed by atoms with Gasteiger partial charge in [0, 0.05) is 25.1 Å². The van der Waals surface area contributed by atoms with Crippen molar-refractivity contribution in [2.45, 2.75) is 18.9 Å². The van der Waals surface area contributed by atoms with Gasteiger partial charge in [-0.2, -0.15) is 0 Å². The minimum atomic E-state index is -0.163. The average Bonchev–Trinajstić information content (AvgIpc) is 3.14. The summed E-state index contributed by atoms with van der Waals surface area (Å²) in [6.07, 6.45) is 2.16. The molecule has 0 unspecified atom stereocenters. The zero-order valence-electron chi connectivity index (χ0n) is 10.9. The molecule has 1 amide bonds. The minimum absolute atomic E-state index is 0.0489. The summed E-state index contributed by atoms with van der Waals surface area (Å²) in [4.78, 5) is 15.1. The number of hydrogen-bond acceptors (Lipinski definition) is 4. The van der Waals surface area contributed by atoms with Crippen molar-refractivity contribution in [3.63, 3.8) is 0 Å². The largest absolute Gasteiger partial charge is 0.384 e. The number of nitrogens with zero attached hydrogens (tertiary/aromatic N) is 1. The Kier molecular flexibility index (Phi) is 4.97. The molecule has 5 heteroatoms. The summed E-state index contributed by atoms with van der Waals surface area (Å²) in [7, 11) is 1.64. The van der Waals surface area contributed by atoms with E-state index in [-0.39, 0.29) is 12.5 Å². The molecule has 1 saturated carbocycles. The van der Waals surface area contributed by atoms with Gasteiger partial charge in [-0.05, 0) is 18.9 Å². The highest BCUT2D eigenvalue weighted by molar-refractivity contribution is 7.10. The van der Waals surface area contributed by atoms with Crippen LogP contribution in [0.25, 0.3) is 0 Å². The van der Waals surface area contributed by atoms with Crippen LogP contribution in [0.1, 0.15) is 28.1 Å². The fourth-order valence-corrected chi connectivity index (χ4v) is 2.58. The van der Waals surface area contributed by atoms with Crippen LogP contribution in [0.15, 0.2) is 11.4 Å². The van der Waals surface area contributed by atoms with Crippen LogP contribution in [0.2, 0.25) is 0 Å². The molecule has 1 aliphatic carbocycles. The molecule has 0 radical (unpaired) electrons. The van der Waals surface area contributed by atoms with Crippen LogP contribution in [0, 0.1) is 11.8 Å². The monoisotopic (exact) mass is 279 g/mol. The van der Waals surface area contributed by atoms with Crippen molar-refractivity contribution in [1.82, 2.24) is 4.90 Å². The van der Waals surface area contributed by atoms with Crippen LogP contribution < -0.4 is 0 Å². The van der Waals surface area contributed by atoms with E-state index in [9.17, 15) is 4.79 Å². The Morgan fingerprint density at radius 2 is 2.42 bits per heavy atom. The average molecular weight is 279 g/mol. The van der Waals surface area contributed by atoms with Gasteiger partial charge in [-0.15, -0.1) is 11.3 Å². The molecule has 19 heavy (non-hydrogen) atoms. The van der Waals surface area contributed by atoms with E-state index in [0.29, 0.717) is 24.8 Å². The van der Waals surface area contributed by atoms with Crippen molar-refractivity contribution in [1.29, 1.82) is 0 Å². The number of hydrogen-bond donors (Lipinski definition) is 1. The van der Waals surface area contributed by atoms with E-state index in [0.717, 1.165) is 17.7 Å². The summed E-state index contributed by atoms with van der Waals surface area (Å²) in [6, 6.07) is 2.16. The highest BCUT2D eigenvalue weighted by atomic mass is 32.1. The van der Waals surface area contributed by atoms with Gasteiger partial charge in [0.25, 0.3) is 5.91 Å². The second kappa shape index (κ2) is 6.71. The molecule has 0 aromatic carbocycles. The van der Waals surface area contributed by atoms with E-state index in [1.807, 2.05) is 10.3 Å². The Labute approximate surface area is 117 Å². The summed E-state index contributed by atoms with van der Waals surface area (Å²) >= 11 is 1.43. The Balaban J connectivity index is 2.06. The number of aliphatic hydroxyl groups excluding tert-OH is 1. The van der Waals surface area contributed by atoms with Crippen LogP contribution in [-0.2, 0) is 4.74 Å². The maximum atomic E-state index is 12.4. The number of methoxy groups -OCH3 is 1. The maximum Gasteiger partial charge on any atom is 0.255 e. The van der Waals surface area contributed by atoms with E-state index in [2.05, 4.69) is 11.8 Å². The van der Waals surface area contributed by atoms with E-state index in [1.165, 1.54) is 11.3 Å². The molecule has 1 fully saturated rings. The first-order valence-electron chi connectivity index (χ1n) is 6.24. The lowest BCUT2D eigenvalue weighted by atomic mass is 10.2. The van der Waals surface area contributed by atoms with Crippen molar-refractivity contribution in [2.75, 3.05) is 26.9 Å². The molecule has 0 aliphatic heterocycles. The molecule has 1 aliphatic rings. The fraction of sp³-hybridized carbons (Fsp3) is 0.500. The molecule has 102 valence electrons. The van der Waals surface area contributed by atoms with E-state index < -0.39 is 0 Å². The number of thiophene rings is 1. The van der Waals surface area contributed by atoms with Crippen molar-refractivity contribution >= 4 is 17.2 Å². The molecular weight excluding hydrogens is 262 g/mol. The lowest BCUT2D eigenvalue weighted by Crippen LogP contribution is -2.35. The summed E-state index contributed by atoms with van der Waals surface area (Å²) < 4.78 is 5.05. The van der Waals surface area contributed by atoms with Gasteiger partial charge in [0.15, 0.2) is 0 Å². The third-order valence-corrected chi connectivity index (χ3v) is 3.77. The molecule has 2 rings (SSSR count). The quantitative estimate of drug-likeness (QED) is 0.828. The SMILES string of the molecule is COCCN(C(=O)c1csc(C#CCO)c1)C1CC1. The van der Waals surface area contributed by atoms with Gasteiger partial charge in [-0.1, -0.05) is 11.8 Å². The molecule has 1 aromatic heterocycles. The Bertz CT molecular complexity index is 496. The summed E-state index contributed by atoms with van der Waals surface area (Å²) in [5.74, 6) is 5.46. The normalized spacial score (nSPS) is 13.8. The number of carbonyl (C=O) groups is 1. The maximum absolute atomic E-state index is 12.4. The highest BCUT2D eigenvalue weighted by Gasteiger charge is 2.32. The Morgan fingerprint density at radius 3 is 3.05 bits per heavy atom. The molecule has 1 aromatic rings. The van der Waals surface area contributed by atoms with Crippen LogP contribution in [0.5, 0.6) is 0 Å². The number of aliphatic hydroxyl groups is 1. The lowest BCUT2D eigenvalue weighted by molar-refractivity contribution is 0.0680. The first kappa shape index (κ1) is 14.1. The Hall–Kier alpha value is -1.35. The number of rotatable bonds is 5. The fourth-order valence-electron chi connectivity index (χ4n) is 1.83. The second-order valence-corrected chi connectivity index (χ2v) is 5.29. The highest BCUT2D eigenvalue weighted by Crippen LogP contribution is 2.28. The topological polar surface area (TPSA) is 49.8 Å². The summed E-state index contributed by atoms with van der Waals surface area (Å²) in [6.45, 7) is 1.03. The van der Waals surface area contributed by atoms with Crippen molar-refractivity contribution < 1.29 is 14.6 Å². The first-order valence-corrected chi connectivity index (χ1v) is 7.12. The van der Waals surface area contributed by atoms with Gasteiger partial charge >= 0.3 is 0 Å². The minimum Gasteiger partial charge on any atom is -0.384 e. The van der Waals surface area contributed by atoms with Crippen LogP contribution in [0.4, 0.5) is 0 Å².